The lowest BCUT2D eigenvalue weighted by atomic mass is 10.0. The minimum Gasteiger partial charge on any atom is -0.352 e. The molecule has 134 valence electrons. The van der Waals surface area contributed by atoms with Crippen LogP contribution in [0.15, 0.2) is 54.6 Å². The highest BCUT2D eigenvalue weighted by Gasteiger charge is 2.13. The van der Waals surface area contributed by atoms with Crippen LogP contribution in [-0.4, -0.2) is 17.4 Å². The lowest BCUT2D eigenvalue weighted by molar-refractivity contribution is 0.0954. The molecule has 0 atom stereocenters. The Morgan fingerprint density at radius 3 is 2.54 bits per heavy atom. The third kappa shape index (κ3) is 4.29. The van der Waals surface area contributed by atoms with Crippen LogP contribution in [0.5, 0.6) is 0 Å². The quantitative estimate of drug-likeness (QED) is 0.572. The van der Waals surface area contributed by atoms with Gasteiger partial charge in [0.1, 0.15) is 0 Å². The van der Waals surface area contributed by atoms with Crippen molar-refractivity contribution < 1.29 is 4.79 Å². The lowest BCUT2D eigenvalue weighted by Crippen LogP contribution is -2.24. The second-order valence-electron chi connectivity index (χ2n) is 6.75. The number of unbranched alkanes of at least 4 members (excludes halogenated alkanes) is 3. The van der Waals surface area contributed by atoms with E-state index in [1.807, 2.05) is 30.3 Å². The molecular weight excluding hydrogens is 320 g/mol. The standard InChI is InChI=1S/C23H26N2O/c1-3-4-5-8-15-24-23(26)20-16-22(18-13-11-17(2)12-14-18)25-21-10-7-6-9-19(20)21/h6-7,9-14,16H,3-5,8,15H2,1-2H3,(H,24,26). The van der Waals surface area contributed by atoms with Gasteiger partial charge < -0.3 is 5.32 Å². The van der Waals surface area contributed by atoms with Crippen molar-refractivity contribution in [3.8, 4) is 11.3 Å². The number of hydrogen-bond acceptors (Lipinski definition) is 2. The summed E-state index contributed by atoms with van der Waals surface area (Å²) in [5.74, 6) is -0.0199. The Morgan fingerprint density at radius 1 is 1.00 bits per heavy atom. The average Bonchev–Trinajstić information content (AvgIpc) is 2.67. The predicted molar refractivity (Wildman–Crippen MR) is 108 cm³/mol. The van der Waals surface area contributed by atoms with Crippen molar-refractivity contribution in [3.05, 3.63) is 65.7 Å². The molecule has 0 saturated heterocycles. The summed E-state index contributed by atoms with van der Waals surface area (Å²) in [5, 5.41) is 3.97. The zero-order chi connectivity index (χ0) is 18.4. The zero-order valence-corrected chi connectivity index (χ0v) is 15.6. The molecule has 3 aromatic rings. The van der Waals surface area contributed by atoms with Crippen LogP contribution >= 0.6 is 0 Å². The molecule has 0 aliphatic heterocycles. The number of aromatic nitrogens is 1. The maximum atomic E-state index is 12.8. The Bertz CT molecular complexity index is 884. The number of nitrogens with zero attached hydrogens (tertiary/aromatic N) is 1. The SMILES string of the molecule is CCCCCCNC(=O)c1cc(-c2ccc(C)cc2)nc2ccccc12. The number of carbonyl (C=O) groups is 1. The van der Waals surface area contributed by atoms with Gasteiger partial charge in [0.25, 0.3) is 5.91 Å². The molecule has 2 aromatic carbocycles. The van der Waals surface area contributed by atoms with E-state index in [0.29, 0.717) is 5.56 Å². The fourth-order valence-corrected chi connectivity index (χ4v) is 3.08. The molecule has 0 fully saturated rings. The normalized spacial score (nSPS) is 10.8. The largest absolute Gasteiger partial charge is 0.352 e. The highest BCUT2D eigenvalue weighted by Crippen LogP contribution is 2.25. The monoisotopic (exact) mass is 346 g/mol. The minimum absolute atomic E-state index is 0.0199. The predicted octanol–water partition coefficient (Wildman–Crippen LogP) is 5.52. The van der Waals surface area contributed by atoms with Gasteiger partial charge >= 0.3 is 0 Å². The van der Waals surface area contributed by atoms with Gasteiger partial charge in [-0.2, -0.15) is 0 Å². The van der Waals surface area contributed by atoms with Gasteiger partial charge in [-0.1, -0.05) is 74.2 Å². The van der Waals surface area contributed by atoms with Crippen LogP contribution in [0.2, 0.25) is 0 Å². The summed E-state index contributed by atoms with van der Waals surface area (Å²) in [4.78, 5) is 17.5. The number of rotatable bonds is 7. The van der Waals surface area contributed by atoms with E-state index in [0.717, 1.165) is 41.5 Å². The number of benzene rings is 2. The molecule has 1 amide bonds. The zero-order valence-electron chi connectivity index (χ0n) is 15.6. The number of nitrogens with one attached hydrogen (secondary N) is 1. The van der Waals surface area contributed by atoms with Crippen molar-refractivity contribution in [2.45, 2.75) is 39.5 Å². The number of aryl methyl sites for hydroxylation is 1. The molecule has 0 radical (unpaired) electrons. The Hall–Kier alpha value is -2.68. The van der Waals surface area contributed by atoms with Crippen molar-refractivity contribution in [2.24, 2.45) is 0 Å². The Morgan fingerprint density at radius 2 is 1.77 bits per heavy atom. The van der Waals surface area contributed by atoms with Crippen LogP contribution in [-0.2, 0) is 0 Å². The Labute approximate surface area is 155 Å². The van der Waals surface area contributed by atoms with E-state index in [1.165, 1.54) is 18.4 Å². The number of pyridine rings is 1. The van der Waals surface area contributed by atoms with Gasteiger partial charge in [-0.25, -0.2) is 4.98 Å². The van der Waals surface area contributed by atoms with Crippen molar-refractivity contribution in [1.29, 1.82) is 0 Å². The highest BCUT2D eigenvalue weighted by atomic mass is 16.1. The molecule has 3 heteroatoms. The van der Waals surface area contributed by atoms with Gasteiger partial charge in [-0.05, 0) is 25.5 Å². The first-order valence-electron chi connectivity index (χ1n) is 9.44. The number of para-hydroxylation sites is 1. The fourth-order valence-electron chi connectivity index (χ4n) is 3.08. The molecule has 0 aliphatic carbocycles. The molecule has 26 heavy (non-hydrogen) atoms. The lowest BCUT2D eigenvalue weighted by Gasteiger charge is -2.11. The van der Waals surface area contributed by atoms with Gasteiger partial charge in [-0.3, -0.25) is 4.79 Å². The van der Waals surface area contributed by atoms with E-state index in [9.17, 15) is 4.79 Å². The first-order valence-corrected chi connectivity index (χ1v) is 9.44. The maximum absolute atomic E-state index is 12.8. The van der Waals surface area contributed by atoms with Crippen LogP contribution in [0.25, 0.3) is 22.2 Å². The summed E-state index contributed by atoms with van der Waals surface area (Å²) < 4.78 is 0. The summed E-state index contributed by atoms with van der Waals surface area (Å²) in [7, 11) is 0. The molecule has 0 aliphatic rings. The second kappa shape index (κ2) is 8.61. The van der Waals surface area contributed by atoms with Gasteiger partial charge in [0.15, 0.2) is 0 Å². The van der Waals surface area contributed by atoms with Crippen LogP contribution in [0, 0.1) is 6.92 Å². The number of amides is 1. The van der Waals surface area contributed by atoms with Crippen LogP contribution in [0.3, 0.4) is 0 Å². The molecule has 1 heterocycles. The fraction of sp³-hybridized carbons (Fsp3) is 0.304. The second-order valence-corrected chi connectivity index (χ2v) is 6.75. The van der Waals surface area contributed by atoms with Crippen LogP contribution in [0.1, 0.15) is 48.5 Å². The first-order chi connectivity index (χ1) is 12.7. The topological polar surface area (TPSA) is 42.0 Å². The van der Waals surface area contributed by atoms with Crippen molar-refractivity contribution in [3.63, 3.8) is 0 Å². The van der Waals surface area contributed by atoms with Crippen LogP contribution in [0.4, 0.5) is 0 Å². The van der Waals surface area contributed by atoms with Gasteiger partial charge in [0.05, 0.1) is 16.8 Å². The number of hydrogen-bond donors (Lipinski definition) is 1. The molecule has 3 rings (SSSR count). The summed E-state index contributed by atoms with van der Waals surface area (Å²) >= 11 is 0. The van der Waals surface area contributed by atoms with Crippen molar-refractivity contribution >= 4 is 16.8 Å². The first kappa shape index (κ1) is 18.1. The van der Waals surface area contributed by atoms with E-state index in [-0.39, 0.29) is 5.91 Å². The highest BCUT2D eigenvalue weighted by molar-refractivity contribution is 6.07. The number of carbonyl (C=O) groups excluding carboxylic acids is 1. The summed E-state index contributed by atoms with van der Waals surface area (Å²) in [6.07, 6.45) is 4.59. The van der Waals surface area contributed by atoms with E-state index >= 15 is 0 Å². The molecule has 1 N–H and O–H groups in total. The van der Waals surface area contributed by atoms with Gasteiger partial charge in [-0.15, -0.1) is 0 Å². The molecule has 0 spiro atoms. The van der Waals surface area contributed by atoms with Crippen LogP contribution < -0.4 is 5.32 Å². The summed E-state index contributed by atoms with van der Waals surface area (Å²) in [6.45, 7) is 4.97. The molecule has 0 unspecified atom stereocenters. The number of fused-ring (bicyclic) bond motifs is 1. The van der Waals surface area contributed by atoms with E-state index in [4.69, 9.17) is 4.98 Å². The van der Waals surface area contributed by atoms with Gasteiger partial charge in [0.2, 0.25) is 0 Å². The van der Waals surface area contributed by atoms with Crippen molar-refractivity contribution in [2.75, 3.05) is 6.54 Å². The molecule has 0 bridgehead atoms. The molecule has 3 nitrogen and oxygen atoms in total. The maximum Gasteiger partial charge on any atom is 0.252 e. The molecule has 1 aromatic heterocycles. The van der Waals surface area contributed by atoms with E-state index in [2.05, 4.69) is 43.4 Å². The minimum atomic E-state index is -0.0199. The molecular formula is C23H26N2O. The average molecular weight is 346 g/mol. The summed E-state index contributed by atoms with van der Waals surface area (Å²) in [5.41, 5.74) is 4.61. The Balaban J connectivity index is 1.90. The third-order valence-electron chi connectivity index (χ3n) is 4.62. The molecule has 0 saturated carbocycles. The Kier molecular flexibility index (Phi) is 6.00. The third-order valence-corrected chi connectivity index (χ3v) is 4.62. The van der Waals surface area contributed by atoms with Gasteiger partial charge in [0, 0.05) is 17.5 Å². The van der Waals surface area contributed by atoms with E-state index in [1.54, 1.807) is 0 Å². The van der Waals surface area contributed by atoms with E-state index < -0.39 is 0 Å². The summed E-state index contributed by atoms with van der Waals surface area (Å²) in [6, 6.07) is 18.0. The smallest absolute Gasteiger partial charge is 0.252 e. The van der Waals surface area contributed by atoms with Crippen molar-refractivity contribution in [1.82, 2.24) is 10.3 Å².